The molecule has 0 amide bonds. The molecule has 0 atom stereocenters. The Morgan fingerprint density at radius 3 is 0.957 bits per heavy atom. The van der Waals surface area contributed by atoms with Gasteiger partial charge in [-0.1, -0.05) is 104 Å². The summed E-state index contributed by atoms with van der Waals surface area (Å²) >= 11 is 0. The molecule has 0 bridgehead atoms. The largest absolute Gasteiger partial charge is 0.107 e. The molecule has 140 valence electrons. The van der Waals surface area contributed by atoms with Crippen molar-refractivity contribution in [3.8, 4) is 0 Å². The molecule has 0 aromatic heterocycles. The van der Waals surface area contributed by atoms with Gasteiger partial charge in [-0.05, 0) is 37.7 Å². The van der Waals surface area contributed by atoms with E-state index in [2.05, 4.69) is 20.8 Å². The van der Waals surface area contributed by atoms with Crippen LogP contribution in [0.25, 0.3) is 0 Å². The highest BCUT2D eigenvalue weighted by molar-refractivity contribution is 7.57. The van der Waals surface area contributed by atoms with Crippen LogP contribution >= 0.6 is 7.92 Å². The average molecular weight is 343 g/mol. The van der Waals surface area contributed by atoms with Gasteiger partial charge in [0.05, 0.1) is 0 Å². The summed E-state index contributed by atoms with van der Waals surface area (Å²) in [6.07, 6.45) is 28.2. The van der Waals surface area contributed by atoms with Crippen molar-refractivity contribution in [2.75, 3.05) is 18.5 Å². The minimum Gasteiger partial charge on any atom is -0.107 e. The molecule has 0 nitrogen and oxygen atoms in total. The molecule has 0 aliphatic heterocycles. The van der Waals surface area contributed by atoms with Crippen LogP contribution in [0.5, 0.6) is 0 Å². The van der Waals surface area contributed by atoms with Crippen LogP contribution in [-0.2, 0) is 0 Å². The molecule has 0 aliphatic rings. The minimum atomic E-state index is 0.374. The Bertz CT molecular complexity index is 186. The van der Waals surface area contributed by atoms with Gasteiger partial charge in [-0.2, -0.15) is 0 Å². The summed E-state index contributed by atoms with van der Waals surface area (Å²) in [7, 11) is 0.374. The minimum absolute atomic E-state index is 0.374. The summed E-state index contributed by atoms with van der Waals surface area (Å²) in [6.45, 7) is 6.96. The Morgan fingerprint density at radius 1 is 0.348 bits per heavy atom. The van der Waals surface area contributed by atoms with Gasteiger partial charge in [-0.25, -0.2) is 0 Å². The summed E-state index contributed by atoms with van der Waals surface area (Å²) in [6, 6.07) is 0. The molecular formula is C22H47P. The molecule has 23 heavy (non-hydrogen) atoms. The van der Waals surface area contributed by atoms with E-state index in [1.807, 2.05) is 0 Å². The second kappa shape index (κ2) is 20.5. The van der Waals surface area contributed by atoms with Crippen molar-refractivity contribution < 1.29 is 0 Å². The summed E-state index contributed by atoms with van der Waals surface area (Å²) in [4.78, 5) is 0. The van der Waals surface area contributed by atoms with Gasteiger partial charge in [0.2, 0.25) is 0 Å². The molecular weight excluding hydrogens is 295 g/mol. The van der Waals surface area contributed by atoms with Crippen LogP contribution in [0.15, 0.2) is 0 Å². The molecule has 0 spiro atoms. The first-order chi connectivity index (χ1) is 11.3. The highest BCUT2D eigenvalue weighted by Crippen LogP contribution is 2.39. The van der Waals surface area contributed by atoms with Gasteiger partial charge in [0.1, 0.15) is 0 Å². The van der Waals surface area contributed by atoms with E-state index >= 15 is 0 Å². The lowest BCUT2D eigenvalue weighted by Crippen LogP contribution is -1.97. The van der Waals surface area contributed by atoms with E-state index < -0.39 is 0 Å². The lowest BCUT2D eigenvalue weighted by Gasteiger charge is -2.18. The standard InChI is InChI=1S/C22H47P/c1-4-7-10-13-15-18-21-23(20-17-12-9-6-3)22-19-16-14-11-8-5-2/h4-22H2,1-3H3. The molecule has 0 saturated carbocycles. The molecule has 0 aromatic rings. The first-order valence-corrected chi connectivity index (χ1v) is 13.0. The van der Waals surface area contributed by atoms with Crippen LogP contribution in [0.2, 0.25) is 0 Å². The van der Waals surface area contributed by atoms with Gasteiger partial charge in [0.15, 0.2) is 0 Å². The van der Waals surface area contributed by atoms with Gasteiger partial charge >= 0.3 is 0 Å². The number of unbranched alkanes of at least 4 members (excludes halogenated alkanes) is 13. The van der Waals surface area contributed by atoms with E-state index in [0.717, 1.165) is 0 Å². The maximum absolute atomic E-state index is 2.33. The zero-order chi connectivity index (χ0) is 17.0. The molecule has 1 heteroatoms. The molecule has 0 N–H and O–H groups in total. The topological polar surface area (TPSA) is 0 Å². The SMILES string of the molecule is CCCCCCCCP(CCCCCC)CCCCCCCC. The van der Waals surface area contributed by atoms with E-state index in [0.29, 0.717) is 7.92 Å². The van der Waals surface area contributed by atoms with Crippen molar-refractivity contribution in [2.24, 2.45) is 0 Å². The van der Waals surface area contributed by atoms with Crippen LogP contribution in [0.1, 0.15) is 124 Å². The summed E-state index contributed by atoms with van der Waals surface area (Å²) in [5, 5.41) is 0. The Labute approximate surface area is 150 Å². The lowest BCUT2D eigenvalue weighted by molar-refractivity contribution is 0.621. The van der Waals surface area contributed by atoms with Gasteiger partial charge in [-0.15, -0.1) is 7.92 Å². The lowest BCUT2D eigenvalue weighted by atomic mass is 10.1. The molecule has 0 aliphatic carbocycles. The Hall–Kier alpha value is 0.430. The second-order valence-electron chi connectivity index (χ2n) is 7.44. The second-order valence-corrected chi connectivity index (χ2v) is 10.1. The predicted octanol–water partition coefficient (Wildman–Crippen LogP) is 8.77. The highest BCUT2D eigenvalue weighted by Gasteiger charge is 2.07. The van der Waals surface area contributed by atoms with E-state index in [9.17, 15) is 0 Å². The molecule has 0 fully saturated rings. The van der Waals surface area contributed by atoms with Crippen molar-refractivity contribution in [2.45, 2.75) is 124 Å². The number of hydrogen-bond acceptors (Lipinski definition) is 0. The van der Waals surface area contributed by atoms with Crippen molar-refractivity contribution >= 4 is 7.92 Å². The fourth-order valence-corrected chi connectivity index (χ4v) is 6.01. The van der Waals surface area contributed by atoms with Crippen molar-refractivity contribution in [1.82, 2.24) is 0 Å². The summed E-state index contributed by atoms with van der Waals surface area (Å²) < 4.78 is 0. The van der Waals surface area contributed by atoms with E-state index in [-0.39, 0.29) is 0 Å². The quantitative estimate of drug-likeness (QED) is 0.162. The fourth-order valence-electron chi connectivity index (χ4n) is 3.33. The Morgan fingerprint density at radius 2 is 0.609 bits per heavy atom. The highest BCUT2D eigenvalue weighted by atomic mass is 31.1. The van der Waals surface area contributed by atoms with E-state index in [1.54, 1.807) is 18.5 Å². The van der Waals surface area contributed by atoms with Gasteiger partial charge in [0.25, 0.3) is 0 Å². The molecule has 0 rings (SSSR count). The maximum Gasteiger partial charge on any atom is -0.0326 e. The number of hydrogen-bond donors (Lipinski definition) is 0. The molecule has 0 aromatic carbocycles. The Balaban J connectivity index is 3.70. The zero-order valence-electron chi connectivity index (χ0n) is 16.9. The van der Waals surface area contributed by atoms with Crippen LogP contribution in [0, 0.1) is 0 Å². The van der Waals surface area contributed by atoms with Crippen LogP contribution < -0.4 is 0 Å². The van der Waals surface area contributed by atoms with Crippen molar-refractivity contribution in [1.29, 1.82) is 0 Å². The maximum atomic E-state index is 2.33. The average Bonchev–Trinajstić information content (AvgIpc) is 2.57. The third-order valence-corrected chi connectivity index (χ3v) is 7.83. The number of rotatable bonds is 19. The fraction of sp³-hybridized carbons (Fsp3) is 1.00. The van der Waals surface area contributed by atoms with E-state index in [4.69, 9.17) is 0 Å². The first-order valence-electron chi connectivity index (χ1n) is 11.1. The Kier molecular flexibility index (Phi) is 20.9. The third-order valence-electron chi connectivity index (χ3n) is 4.98. The molecule has 0 saturated heterocycles. The van der Waals surface area contributed by atoms with E-state index in [1.165, 1.54) is 103 Å². The molecule has 0 heterocycles. The van der Waals surface area contributed by atoms with Gasteiger partial charge < -0.3 is 0 Å². The van der Waals surface area contributed by atoms with Gasteiger partial charge in [-0.3, -0.25) is 0 Å². The summed E-state index contributed by atoms with van der Waals surface area (Å²) in [5.41, 5.74) is 0. The first kappa shape index (κ1) is 23.4. The monoisotopic (exact) mass is 342 g/mol. The van der Waals surface area contributed by atoms with Crippen molar-refractivity contribution in [3.05, 3.63) is 0 Å². The van der Waals surface area contributed by atoms with Crippen molar-refractivity contribution in [3.63, 3.8) is 0 Å². The smallest absolute Gasteiger partial charge is 0.0326 e. The predicted molar refractivity (Wildman–Crippen MR) is 112 cm³/mol. The van der Waals surface area contributed by atoms with Crippen LogP contribution in [0.3, 0.4) is 0 Å². The molecule has 0 unspecified atom stereocenters. The molecule has 0 radical (unpaired) electrons. The normalized spacial score (nSPS) is 11.5. The van der Waals surface area contributed by atoms with Crippen LogP contribution in [-0.4, -0.2) is 18.5 Å². The van der Waals surface area contributed by atoms with Crippen LogP contribution in [0.4, 0.5) is 0 Å². The third kappa shape index (κ3) is 18.6. The van der Waals surface area contributed by atoms with Gasteiger partial charge in [0, 0.05) is 0 Å². The summed E-state index contributed by atoms with van der Waals surface area (Å²) in [5.74, 6) is 0. The zero-order valence-corrected chi connectivity index (χ0v) is 17.8.